The molecule has 1 atom stereocenters. The highest BCUT2D eigenvalue weighted by molar-refractivity contribution is 7.85. The lowest BCUT2D eigenvalue weighted by atomic mass is 10.2. The molecule has 0 aliphatic carbocycles. The van der Waals surface area contributed by atoms with E-state index in [1.807, 2.05) is 92.7 Å². The Morgan fingerprint density at radius 2 is 1.18 bits per heavy atom. The second-order valence-electron chi connectivity index (χ2n) is 5.57. The number of hydrogen-bond acceptors (Lipinski definition) is 1. The van der Waals surface area contributed by atoms with Crippen LogP contribution >= 0.6 is 7.14 Å². The van der Waals surface area contributed by atoms with Crippen molar-refractivity contribution in [2.24, 2.45) is 0 Å². The van der Waals surface area contributed by atoms with E-state index in [1.165, 1.54) is 5.56 Å². The summed E-state index contributed by atoms with van der Waals surface area (Å²) in [6.45, 7) is 4.07. The molecule has 0 fully saturated rings. The second kappa shape index (κ2) is 5.94. The third-order valence-corrected chi connectivity index (χ3v) is 7.20. The van der Waals surface area contributed by atoms with E-state index < -0.39 is 7.14 Å². The van der Waals surface area contributed by atoms with Crippen molar-refractivity contribution in [3.63, 3.8) is 0 Å². The van der Waals surface area contributed by atoms with Gasteiger partial charge in [0.15, 0.2) is 7.14 Å². The molecule has 0 spiro atoms. The third-order valence-electron chi connectivity index (χ3n) is 3.97. The minimum Gasteiger partial charge on any atom is -0.309 e. The molecule has 3 aromatic rings. The van der Waals surface area contributed by atoms with Crippen molar-refractivity contribution in [2.75, 3.05) is 0 Å². The Bertz CT molecular complexity index is 820. The third kappa shape index (κ3) is 2.53. The Balaban J connectivity index is 2.30. The van der Waals surface area contributed by atoms with Crippen LogP contribution in [0.2, 0.25) is 0 Å². The largest absolute Gasteiger partial charge is 0.309 e. The summed E-state index contributed by atoms with van der Waals surface area (Å²) < 4.78 is 14.2. The predicted molar refractivity (Wildman–Crippen MR) is 95.3 cm³/mol. The van der Waals surface area contributed by atoms with Crippen molar-refractivity contribution in [1.29, 1.82) is 0 Å². The average Bonchev–Trinajstić information content (AvgIpc) is 2.56. The van der Waals surface area contributed by atoms with Crippen LogP contribution in [0.25, 0.3) is 0 Å². The molecule has 0 aliphatic heterocycles. The predicted octanol–water partition coefficient (Wildman–Crippen LogP) is 3.94. The van der Waals surface area contributed by atoms with E-state index in [1.54, 1.807) is 0 Å². The average molecular weight is 306 g/mol. The first-order valence-corrected chi connectivity index (χ1v) is 9.12. The van der Waals surface area contributed by atoms with E-state index >= 15 is 0 Å². The van der Waals surface area contributed by atoms with Gasteiger partial charge in [-0.25, -0.2) is 0 Å². The molecule has 0 amide bonds. The van der Waals surface area contributed by atoms with Crippen molar-refractivity contribution >= 4 is 23.1 Å². The lowest BCUT2D eigenvalue weighted by Gasteiger charge is -2.21. The highest BCUT2D eigenvalue weighted by Gasteiger charge is 2.30. The van der Waals surface area contributed by atoms with Crippen LogP contribution in [0, 0.1) is 13.8 Å². The summed E-state index contributed by atoms with van der Waals surface area (Å²) >= 11 is 0. The van der Waals surface area contributed by atoms with Crippen molar-refractivity contribution in [1.82, 2.24) is 0 Å². The molecular formula is C20H19OP. The van der Waals surface area contributed by atoms with Crippen LogP contribution in [-0.2, 0) is 4.57 Å². The molecule has 0 N–H and O–H groups in total. The van der Waals surface area contributed by atoms with Gasteiger partial charge in [0.05, 0.1) is 0 Å². The Labute approximate surface area is 132 Å². The maximum Gasteiger partial charge on any atom is 0.171 e. The van der Waals surface area contributed by atoms with Gasteiger partial charge in [-0.05, 0) is 19.4 Å². The molecule has 22 heavy (non-hydrogen) atoms. The van der Waals surface area contributed by atoms with E-state index in [0.717, 1.165) is 21.5 Å². The van der Waals surface area contributed by atoms with Crippen LogP contribution in [0.1, 0.15) is 11.1 Å². The normalized spacial score (nSPS) is 13.5. The van der Waals surface area contributed by atoms with Crippen LogP contribution in [0.15, 0.2) is 78.9 Å². The van der Waals surface area contributed by atoms with Crippen molar-refractivity contribution in [2.45, 2.75) is 13.8 Å². The molecule has 3 rings (SSSR count). The smallest absolute Gasteiger partial charge is 0.171 e. The lowest BCUT2D eigenvalue weighted by molar-refractivity contribution is 0.592. The maximum absolute atomic E-state index is 14.2. The number of rotatable bonds is 3. The molecule has 0 heterocycles. The van der Waals surface area contributed by atoms with Gasteiger partial charge in [0.1, 0.15) is 0 Å². The lowest BCUT2D eigenvalue weighted by Crippen LogP contribution is -2.26. The quantitative estimate of drug-likeness (QED) is 0.670. The van der Waals surface area contributed by atoms with Crippen LogP contribution < -0.4 is 15.9 Å². The summed E-state index contributed by atoms with van der Waals surface area (Å²) in [5.41, 5.74) is 2.24. The maximum atomic E-state index is 14.2. The molecule has 1 nitrogen and oxygen atoms in total. The zero-order chi connectivity index (χ0) is 15.6. The van der Waals surface area contributed by atoms with E-state index in [2.05, 4.69) is 0 Å². The topological polar surface area (TPSA) is 17.1 Å². The standard InChI is InChI=1S/C20H19OP/c1-16-12-14-19(15-13-16)22(21,18-9-4-3-5-10-18)20-11-7-6-8-17(20)2/h3-15H,1-2H3/t22-/m0/s1. The van der Waals surface area contributed by atoms with Gasteiger partial charge in [0, 0.05) is 15.9 Å². The van der Waals surface area contributed by atoms with Crippen LogP contribution in [0.5, 0.6) is 0 Å². The number of hydrogen-bond donors (Lipinski definition) is 0. The molecule has 3 aromatic carbocycles. The minimum absolute atomic E-state index is 0.883. The van der Waals surface area contributed by atoms with E-state index in [-0.39, 0.29) is 0 Å². The summed E-state index contributed by atoms with van der Waals surface area (Å²) in [6.07, 6.45) is 0. The highest BCUT2D eigenvalue weighted by atomic mass is 31.2. The Kier molecular flexibility index (Phi) is 4.00. The summed E-state index contributed by atoms with van der Waals surface area (Å²) in [5, 5.41) is 2.69. The Hall–Kier alpha value is -2.11. The van der Waals surface area contributed by atoms with Crippen LogP contribution in [0.3, 0.4) is 0 Å². The molecule has 2 heteroatoms. The first-order valence-electron chi connectivity index (χ1n) is 7.41. The second-order valence-corrected chi connectivity index (χ2v) is 8.30. The summed E-state index contributed by atoms with van der Waals surface area (Å²) in [5.74, 6) is 0. The van der Waals surface area contributed by atoms with Crippen LogP contribution in [-0.4, -0.2) is 0 Å². The highest BCUT2D eigenvalue weighted by Crippen LogP contribution is 2.43. The van der Waals surface area contributed by atoms with Gasteiger partial charge in [-0.3, -0.25) is 0 Å². The van der Waals surface area contributed by atoms with E-state index in [0.29, 0.717) is 0 Å². The van der Waals surface area contributed by atoms with Crippen molar-refractivity contribution in [3.05, 3.63) is 90.0 Å². The van der Waals surface area contributed by atoms with Gasteiger partial charge in [0.2, 0.25) is 0 Å². The Morgan fingerprint density at radius 3 is 1.82 bits per heavy atom. The first-order chi connectivity index (χ1) is 10.6. The summed E-state index contributed by atoms with van der Waals surface area (Å²) in [4.78, 5) is 0. The zero-order valence-corrected chi connectivity index (χ0v) is 13.8. The molecule has 110 valence electrons. The van der Waals surface area contributed by atoms with Gasteiger partial charge in [-0.2, -0.15) is 0 Å². The van der Waals surface area contributed by atoms with Gasteiger partial charge in [-0.15, -0.1) is 0 Å². The van der Waals surface area contributed by atoms with E-state index in [9.17, 15) is 4.57 Å². The summed E-state index contributed by atoms with van der Waals surface area (Å²) in [7, 11) is -2.83. The van der Waals surface area contributed by atoms with Gasteiger partial charge >= 0.3 is 0 Å². The van der Waals surface area contributed by atoms with Gasteiger partial charge in [0.25, 0.3) is 0 Å². The Morgan fingerprint density at radius 1 is 0.636 bits per heavy atom. The monoisotopic (exact) mass is 306 g/mol. The van der Waals surface area contributed by atoms with E-state index in [4.69, 9.17) is 0 Å². The molecule has 0 saturated carbocycles. The zero-order valence-electron chi connectivity index (χ0n) is 12.9. The van der Waals surface area contributed by atoms with Gasteiger partial charge in [-0.1, -0.05) is 84.4 Å². The fourth-order valence-corrected chi connectivity index (χ4v) is 5.62. The fraction of sp³-hybridized carbons (Fsp3) is 0.100. The number of aryl methyl sites for hydroxylation is 2. The molecule has 0 saturated heterocycles. The SMILES string of the molecule is Cc1ccc([P@@](=O)(c2ccccc2)c2ccccc2C)cc1. The van der Waals surface area contributed by atoms with Crippen LogP contribution in [0.4, 0.5) is 0 Å². The minimum atomic E-state index is -2.83. The fourth-order valence-electron chi connectivity index (χ4n) is 2.74. The molecule has 0 bridgehead atoms. The van der Waals surface area contributed by atoms with Crippen molar-refractivity contribution < 1.29 is 4.57 Å². The van der Waals surface area contributed by atoms with Gasteiger partial charge < -0.3 is 4.57 Å². The van der Waals surface area contributed by atoms with Crippen molar-refractivity contribution in [3.8, 4) is 0 Å². The molecule has 0 aromatic heterocycles. The molecule has 0 radical (unpaired) electrons. The summed E-state index contributed by atoms with van der Waals surface area (Å²) in [6, 6.07) is 25.8. The molecular weight excluding hydrogens is 287 g/mol. The number of benzene rings is 3. The molecule has 0 aliphatic rings. The first kappa shape index (κ1) is 14.8. The molecule has 0 unspecified atom stereocenters.